The molecule has 4 rings (SSSR count). The molecule has 40 heavy (non-hydrogen) atoms. The zero-order chi connectivity index (χ0) is 29.0. The maximum absolute atomic E-state index is 13.2. The molecule has 0 amide bonds. The minimum Gasteiger partial charge on any atom is -0.455 e. The van der Waals surface area contributed by atoms with Crippen LogP contribution in [0.4, 0.5) is 4.39 Å². The summed E-state index contributed by atoms with van der Waals surface area (Å²) in [5, 5.41) is 0. The Bertz CT molecular complexity index is 1380. The van der Waals surface area contributed by atoms with Crippen LogP contribution in [0.5, 0.6) is 0 Å². The third-order valence-electron chi connectivity index (χ3n) is 6.37. The molecule has 0 radical (unpaired) electrons. The van der Waals surface area contributed by atoms with Gasteiger partial charge in [0, 0.05) is 48.7 Å². The fraction of sp³-hybridized carbons (Fsp3) is 0.379. The molecule has 212 valence electrons. The smallest absolute Gasteiger partial charge is 0.303 e. The lowest BCUT2D eigenvalue weighted by Crippen LogP contribution is -2.57. The first kappa shape index (κ1) is 29.7. The van der Waals surface area contributed by atoms with Crippen LogP contribution in [-0.4, -0.2) is 52.9 Å². The fourth-order valence-electron chi connectivity index (χ4n) is 4.63. The highest BCUT2D eigenvalue weighted by Crippen LogP contribution is 2.41. The lowest BCUT2D eigenvalue weighted by Gasteiger charge is -2.44. The summed E-state index contributed by atoms with van der Waals surface area (Å²) in [6.45, 7) is 5.76. The highest BCUT2D eigenvalue weighted by Gasteiger charge is 2.52. The van der Waals surface area contributed by atoms with Gasteiger partial charge in [0.15, 0.2) is 18.3 Å². The Labute approximate surface area is 240 Å². The molecule has 0 aliphatic carbocycles. The van der Waals surface area contributed by atoms with Gasteiger partial charge in [-0.3, -0.25) is 14.4 Å². The molecule has 11 heteroatoms. The van der Waals surface area contributed by atoms with E-state index in [0.29, 0.717) is 6.42 Å². The number of halogens is 1. The minimum absolute atomic E-state index is 0.524. The van der Waals surface area contributed by atoms with Gasteiger partial charge in [-0.15, -0.1) is 23.1 Å². The Morgan fingerprint density at radius 3 is 2.25 bits per heavy atom. The first-order valence-electron chi connectivity index (χ1n) is 12.6. The number of ether oxygens (including phenoxy) is 4. The maximum atomic E-state index is 13.2. The zero-order valence-corrected chi connectivity index (χ0v) is 24.3. The first-order valence-corrected chi connectivity index (χ1v) is 14.7. The molecule has 5 unspecified atom stereocenters. The van der Waals surface area contributed by atoms with Gasteiger partial charge in [0.05, 0.1) is 0 Å². The molecule has 0 spiro atoms. The Balaban J connectivity index is 1.67. The monoisotopic (exact) mass is 587 g/mol. The summed E-state index contributed by atoms with van der Waals surface area (Å²) in [6.07, 6.45) is 0.0324. The number of thiophene rings is 1. The van der Waals surface area contributed by atoms with Crippen LogP contribution < -0.4 is 0 Å². The molecule has 2 aromatic heterocycles. The van der Waals surface area contributed by atoms with Crippen LogP contribution in [0.3, 0.4) is 0 Å². The topological polar surface area (TPSA) is 101 Å². The van der Waals surface area contributed by atoms with Crippen molar-refractivity contribution in [3.63, 3.8) is 0 Å². The third kappa shape index (κ3) is 7.07. The molecular weight excluding hydrogens is 557 g/mol. The number of aryl methyl sites for hydroxylation is 1. The standard InChI is InChI=1S/C29H30FNO7S2/c1-15-6-7-19(12-21(15)13-22-9-10-23(40-22)20-8-11-24(30)31-14-20)25-26(35-16(2)32)27(36-17(3)33)28(37-18(4)34)29(38-25)39-5/h6-12,14,25-29H,13H2,1-5H3. The summed E-state index contributed by atoms with van der Waals surface area (Å²) in [7, 11) is 0. The summed E-state index contributed by atoms with van der Waals surface area (Å²) in [6, 6.07) is 12.9. The van der Waals surface area contributed by atoms with Crippen LogP contribution in [0, 0.1) is 12.9 Å². The molecule has 1 aliphatic heterocycles. The summed E-state index contributed by atoms with van der Waals surface area (Å²) >= 11 is 2.89. The number of benzene rings is 1. The number of hydrogen-bond donors (Lipinski definition) is 0. The molecule has 3 aromatic rings. The van der Waals surface area contributed by atoms with Gasteiger partial charge >= 0.3 is 17.9 Å². The molecular formula is C29H30FNO7S2. The lowest BCUT2D eigenvalue weighted by molar-refractivity contribution is -0.233. The van der Waals surface area contributed by atoms with E-state index in [2.05, 4.69) is 4.98 Å². The molecule has 8 nitrogen and oxygen atoms in total. The molecule has 1 fully saturated rings. The van der Waals surface area contributed by atoms with Crippen molar-refractivity contribution in [3.8, 4) is 10.4 Å². The van der Waals surface area contributed by atoms with Crippen molar-refractivity contribution >= 4 is 41.0 Å². The highest BCUT2D eigenvalue weighted by molar-refractivity contribution is 7.99. The quantitative estimate of drug-likeness (QED) is 0.195. The van der Waals surface area contributed by atoms with E-state index in [0.717, 1.165) is 32.0 Å². The Kier molecular flexibility index (Phi) is 9.60. The van der Waals surface area contributed by atoms with Crippen LogP contribution in [0.15, 0.2) is 48.7 Å². The summed E-state index contributed by atoms with van der Waals surface area (Å²) in [5.41, 5.74) is 2.96. The van der Waals surface area contributed by atoms with E-state index in [-0.39, 0.29) is 0 Å². The predicted molar refractivity (Wildman–Crippen MR) is 149 cm³/mol. The van der Waals surface area contributed by atoms with Gasteiger partial charge < -0.3 is 18.9 Å². The van der Waals surface area contributed by atoms with E-state index in [4.69, 9.17) is 18.9 Å². The normalized spacial score (nSPS) is 22.4. The summed E-state index contributed by atoms with van der Waals surface area (Å²) < 4.78 is 36.3. The molecule has 0 bridgehead atoms. The highest BCUT2D eigenvalue weighted by atomic mass is 32.2. The lowest BCUT2D eigenvalue weighted by atomic mass is 9.91. The van der Waals surface area contributed by atoms with E-state index >= 15 is 0 Å². The van der Waals surface area contributed by atoms with Crippen LogP contribution in [0.1, 0.15) is 48.4 Å². The van der Waals surface area contributed by atoms with Crippen molar-refractivity contribution in [1.29, 1.82) is 0 Å². The summed E-state index contributed by atoms with van der Waals surface area (Å²) in [5.74, 6) is -2.29. The number of esters is 3. The van der Waals surface area contributed by atoms with E-state index in [1.54, 1.807) is 23.7 Å². The number of aromatic nitrogens is 1. The number of pyridine rings is 1. The van der Waals surface area contributed by atoms with Crippen molar-refractivity contribution in [2.75, 3.05) is 6.26 Å². The summed E-state index contributed by atoms with van der Waals surface area (Å²) in [4.78, 5) is 41.9. The zero-order valence-electron chi connectivity index (χ0n) is 22.7. The van der Waals surface area contributed by atoms with Crippen LogP contribution in [0.25, 0.3) is 10.4 Å². The maximum Gasteiger partial charge on any atom is 0.303 e. The average molecular weight is 588 g/mol. The average Bonchev–Trinajstić information content (AvgIpc) is 3.35. The minimum atomic E-state index is -1.07. The molecule has 1 aromatic carbocycles. The van der Waals surface area contributed by atoms with Gasteiger partial charge in [-0.05, 0) is 54.1 Å². The van der Waals surface area contributed by atoms with Crippen molar-refractivity contribution in [2.45, 2.75) is 64.0 Å². The molecule has 0 N–H and O–H groups in total. The Hall–Kier alpha value is -3.28. The van der Waals surface area contributed by atoms with Crippen LogP contribution in [-0.2, 0) is 39.8 Å². The van der Waals surface area contributed by atoms with Crippen molar-refractivity contribution < 1.29 is 37.7 Å². The van der Waals surface area contributed by atoms with E-state index in [9.17, 15) is 18.8 Å². The van der Waals surface area contributed by atoms with Crippen molar-refractivity contribution in [2.24, 2.45) is 0 Å². The van der Waals surface area contributed by atoms with Gasteiger partial charge in [-0.25, -0.2) is 4.98 Å². The van der Waals surface area contributed by atoms with Crippen LogP contribution in [0.2, 0.25) is 0 Å². The second-order valence-corrected chi connectivity index (χ2v) is 11.5. The SMILES string of the molecule is CSC1OC(c2ccc(C)c(Cc3ccc(-c4ccc(F)nc4)s3)c2)C(OC(C)=O)C(OC(C)=O)C1OC(C)=O. The number of thioether (sulfide) groups is 1. The van der Waals surface area contributed by atoms with Gasteiger partial charge in [0.2, 0.25) is 5.95 Å². The van der Waals surface area contributed by atoms with Crippen molar-refractivity contribution in [1.82, 2.24) is 4.98 Å². The van der Waals surface area contributed by atoms with E-state index < -0.39 is 53.7 Å². The van der Waals surface area contributed by atoms with Crippen LogP contribution >= 0.6 is 23.1 Å². The molecule has 0 saturated carbocycles. The van der Waals surface area contributed by atoms with Gasteiger partial charge in [0.1, 0.15) is 11.5 Å². The van der Waals surface area contributed by atoms with E-state index in [1.807, 2.05) is 37.3 Å². The first-order chi connectivity index (χ1) is 19.0. The third-order valence-corrected chi connectivity index (χ3v) is 8.35. The molecule has 3 heterocycles. The number of rotatable bonds is 8. The van der Waals surface area contributed by atoms with Gasteiger partial charge in [-0.2, -0.15) is 4.39 Å². The number of carbonyl (C=O) groups excluding carboxylic acids is 3. The molecule has 1 aliphatic rings. The predicted octanol–water partition coefficient (Wildman–Crippen LogP) is 5.40. The number of nitrogens with zero attached hydrogens (tertiary/aromatic N) is 1. The number of carbonyl (C=O) groups is 3. The number of hydrogen-bond acceptors (Lipinski definition) is 10. The van der Waals surface area contributed by atoms with E-state index in [1.165, 1.54) is 44.8 Å². The second kappa shape index (κ2) is 12.9. The van der Waals surface area contributed by atoms with Crippen molar-refractivity contribution in [3.05, 3.63) is 76.2 Å². The van der Waals surface area contributed by atoms with Gasteiger partial charge in [0.25, 0.3) is 0 Å². The Morgan fingerprint density at radius 2 is 1.62 bits per heavy atom. The van der Waals surface area contributed by atoms with Gasteiger partial charge in [-0.1, -0.05) is 18.2 Å². The second-order valence-electron chi connectivity index (χ2n) is 9.38. The molecule has 1 saturated heterocycles. The fourth-order valence-corrected chi connectivity index (χ4v) is 6.36. The molecule has 5 atom stereocenters. The largest absolute Gasteiger partial charge is 0.455 e. The Morgan fingerprint density at radius 1 is 0.950 bits per heavy atom.